The Kier molecular flexibility index (Phi) is 8.27. The second-order valence-electron chi connectivity index (χ2n) is 7.84. The fourth-order valence-electron chi connectivity index (χ4n) is 3.63. The van der Waals surface area contributed by atoms with Gasteiger partial charge in [-0.25, -0.2) is 4.99 Å². The SMILES string of the molecule is CN(C)C(=O)CNC(=NCc1ccccc1)NCC(c1ccccc1)N1CCCC1. The summed E-state index contributed by atoms with van der Waals surface area (Å²) >= 11 is 0. The van der Waals surface area contributed by atoms with Gasteiger partial charge in [-0.2, -0.15) is 0 Å². The van der Waals surface area contributed by atoms with E-state index < -0.39 is 0 Å². The van der Waals surface area contributed by atoms with Crippen LogP contribution in [0.3, 0.4) is 0 Å². The zero-order valence-electron chi connectivity index (χ0n) is 18.1. The molecule has 6 nitrogen and oxygen atoms in total. The van der Waals surface area contributed by atoms with Gasteiger partial charge in [0.2, 0.25) is 5.91 Å². The number of carbonyl (C=O) groups is 1. The molecule has 30 heavy (non-hydrogen) atoms. The van der Waals surface area contributed by atoms with Crippen molar-refractivity contribution in [2.45, 2.75) is 25.4 Å². The molecule has 0 aromatic heterocycles. The second kappa shape index (κ2) is 11.4. The number of amides is 1. The Bertz CT molecular complexity index is 801. The predicted octanol–water partition coefficient (Wildman–Crippen LogP) is 2.65. The lowest BCUT2D eigenvalue weighted by molar-refractivity contribution is -0.127. The van der Waals surface area contributed by atoms with E-state index >= 15 is 0 Å². The third-order valence-electron chi connectivity index (χ3n) is 5.40. The molecule has 2 N–H and O–H groups in total. The summed E-state index contributed by atoms with van der Waals surface area (Å²) in [5, 5.41) is 6.68. The highest BCUT2D eigenvalue weighted by atomic mass is 16.2. The number of nitrogens with zero attached hydrogens (tertiary/aromatic N) is 3. The molecule has 1 aliphatic rings. The van der Waals surface area contributed by atoms with E-state index in [4.69, 9.17) is 4.99 Å². The lowest BCUT2D eigenvalue weighted by Crippen LogP contribution is -2.45. The largest absolute Gasteiger partial charge is 0.354 e. The van der Waals surface area contributed by atoms with E-state index in [1.165, 1.54) is 18.4 Å². The Morgan fingerprint density at radius 2 is 1.63 bits per heavy atom. The Morgan fingerprint density at radius 3 is 2.27 bits per heavy atom. The summed E-state index contributed by atoms with van der Waals surface area (Å²) in [4.78, 5) is 20.9. The summed E-state index contributed by atoms with van der Waals surface area (Å²) in [6, 6.07) is 21.0. The average Bonchev–Trinajstić information content (AvgIpc) is 3.31. The zero-order chi connectivity index (χ0) is 21.2. The lowest BCUT2D eigenvalue weighted by Gasteiger charge is -2.29. The molecule has 3 rings (SSSR count). The van der Waals surface area contributed by atoms with E-state index in [-0.39, 0.29) is 18.5 Å². The fourth-order valence-corrected chi connectivity index (χ4v) is 3.63. The smallest absolute Gasteiger partial charge is 0.241 e. The van der Waals surface area contributed by atoms with Crippen molar-refractivity contribution in [1.82, 2.24) is 20.4 Å². The molecule has 6 heteroatoms. The van der Waals surface area contributed by atoms with Crippen molar-refractivity contribution in [3.05, 3.63) is 71.8 Å². The maximum atomic E-state index is 12.1. The van der Waals surface area contributed by atoms with Crippen LogP contribution in [0.4, 0.5) is 0 Å². The Balaban J connectivity index is 1.70. The van der Waals surface area contributed by atoms with Gasteiger partial charge >= 0.3 is 0 Å². The molecular formula is C24H33N5O. The first-order valence-corrected chi connectivity index (χ1v) is 10.7. The fraction of sp³-hybridized carbons (Fsp3) is 0.417. The molecule has 1 unspecified atom stereocenters. The molecule has 0 aliphatic carbocycles. The average molecular weight is 408 g/mol. The molecule has 2 aromatic rings. The van der Waals surface area contributed by atoms with E-state index in [9.17, 15) is 4.79 Å². The Morgan fingerprint density at radius 1 is 1.00 bits per heavy atom. The van der Waals surface area contributed by atoms with Crippen LogP contribution < -0.4 is 10.6 Å². The van der Waals surface area contributed by atoms with Crippen LogP contribution in [0, 0.1) is 0 Å². The number of guanidine groups is 1. The van der Waals surface area contributed by atoms with Gasteiger partial charge in [0.15, 0.2) is 5.96 Å². The highest BCUT2D eigenvalue weighted by Crippen LogP contribution is 2.24. The van der Waals surface area contributed by atoms with Crippen LogP contribution in [0.25, 0.3) is 0 Å². The monoisotopic (exact) mass is 407 g/mol. The van der Waals surface area contributed by atoms with Gasteiger partial charge in [0.25, 0.3) is 0 Å². The maximum absolute atomic E-state index is 12.1. The van der Waals surface area contributed by atoms with Gasteiger partial charge < -0.3 is 15.5 Å². The van der Waals surface area contributed by atoms with Gasteiger partial charge in [0.1, 0.15) is 0 Å². The Hall–Kier alpha value is -2.86. The molecule has 1 atom stereocenters. The molecular weight excluding hydrogens is 374 g/mol. The van der Waals surface area contributed by atoms with Crippen LogP contribution in [0.15, 0.2) is 65.7 Å². The van der Waals surface area contributed by atoms with Crippen LogP contribution in [-0.4, -0.2) is 61.9 Å². The maximum Gasteiger partial charge on any atom is 0.241 e. The number of rotatable bonds is 8. The molecule has 1 amide bonds. The van der Waals surface area contributed by atoms with E-state index in [0.717, 1.165) is 25.2 Å². The topological polar surface area (TPSA) is 60.0 Å². The summed E-state index contributed by atoms with van der Waals surface area (Å²) < 4.78 is 0. The van der Waals surface area contributed by atoms with Gasteiger partial charge in [-0.15, -0.1) is 0 Å². The van der Waals surface area contributed by atoms with Crippen LogP contribution >= 0.6 is 0 Å². The Labute approximate surface area is 180 Å². The van der Waals surface area contributed by atoms with Crippen molar-refractivity contribution in [2.24, 2.45) is 4.99 Å². The highest BCUT2D eigenvalue weighted by Gasteiger charge is 2.23. The van der Waals surface area contributed by atoms with Crippen LogP contribution in [0.1, 0.15) is 30.0 Å². The molecule has 0 radical (unpaired) electrons. The number of aliphatic imine (C=N–C) groups is 1. The minimum Gasteiger partial charge on any atom is -0.354 e. The minimum atomic E-state index is 0.0170. The summed E-state index contributed by atoms with van der Waals surface area (Å²) in [6.07, 6.45) is 2.49. The number of likely N-dealkylation sites (tertiary alicyclic amines) is 1. The van der Waals surface area contributed by atoms with Gasteiger partial charge in [-0.05, 0) is 37.1 Å². The van der Waals surface area contributed by atoms with E-state index in [1.54, 1.807) is 19.0 Å². The summed E-state index contributed by atoms with van der Waals surface area (Å²) in [7, 11) is 3.52. The number of nitrogens with one attached hydrogen (secondary N) is 2. The molecule has 0 saturated carbocycles. The molecule has 2 aromatic carbocycles. The third kappa shape index (κ3) is 6.59. The van der Waals surface area contributed by atoms with Crippen LogP contribution in [-0.2, 0) is 11.3 Å². The van der Waals surface area contributed by atoms with Gasteiger partial charge in [0, 0.05) is 20.6 Å². The minimum absolute atomic E-state index is 0.0170. The second-order valence-corrected chi connectivity index (χ2v) is 7.84. The number of benzene rings is 2. The van der Waals surface area contributed by atoms with E-state index in [0.29, 0.717) is 12.5 Å². The van der Waals surface area contributed by atoms with E-state index in [2.05, 4.69) is 58.0 Å². The standard InChI is InChI=1S/C24H33N5O/c1-28(2)23(30)19-27-24(25-17-20-11-5-3-6-12-20)26-18-22(29-15-9-10-16-29)21-13-7-4-8-14-21/h3-8,11-14,22H,9-10,15-19H2,1-2H3,(H2,25,26,27). The molecule has 1 saturated heterocycles. The molecule has 1 fully saturated rings. The van der Waals surface area contributed by atoms with E-state index in [1.807, 2.05) is 18.2 Å². The molecule has 160 valence electrons. The quantitative estimate of drug-likeness (QED) is 0.522. The number of likely N-dealkylation sites (N-methyl/N-ethyl adjacent to an activating group) is 1. The first kappa shape index (κ1) is 21.8. The molecule has 0 bridgehead atoms. The first-order valence-electron chi connectivity index (χ1n) is 10.7. The summed E-state index contributed by atoms with van der Waals surface area (Å²) in [5.74, 6) is 0.678. The summed E-state index contributed by atoms with van der Waals surface area (Å²) in [6.45, 7) is 3.74. The van der Waals surface area contributed by atoms with Crippen molar-refractivity contribution in [3.8, 4) is 0 Å². The first-order chi connectivity index (χ1) is 14.6. The van der Waals surface area contributed by atoms with Crippen molar-refractivity contribution in [2.75, 3.05) is 40.3 Å². The normalized spacial score (nSPS) is 15.6. The number of hydrogen-bond acceptors (Lipinski definition) is 3. The molecule has 1 aliphatic heterocycles. The molecule has 1 heterocycles. The van der Waals surface area contributed by atoms with Gasteiger partial charge in [-0.1, -0.05) is 60.7 Å². The summed E-state index contributed by atoms with van der Waals surface area (Å²) in [5.41, 5.74) is 2.44. The van der Waals surface area contributed by atoms with Gasteiger partial charge in [0.05, 0.1) is 19.1 Å². The third-order valence-corrected chi connectivity index (χ3v) is 5.40. The van der Waals surface area contributed by atoms with Crippen molar-refractivity contribution in [3.63, 3.8) is 0 Å². The van der Waals surface area contributed by atoms with Crippen molar-refractivity contribution >= 4 is 11.9 Å². The van der Waals surface area contributed by atoms with Crippen molar-refractivity contribution < 1.29 is 4.79 Å². The predicted molar refractivity (Wildman–Crippen MR) is 122 cm³/mol. The number of carbonyl (C=O) groups excluding carboxylic acids is 1. The zero-order valence-corrected chi connectivity index (χ0v) is 18.1. The van der Waals surface area contributed by atoms with Crippen molar-refractivity contribution in [1.29, 1.82) is 0 Å². The van der Waals surface area contributed by atoms with Crippen LogP contribution in [0.2, 0.25) is 0 Å². The molecule has 0 spiro atoms. The lowest BCUT2D eigenvalue weighted by atomic mass is 10.1. The van der Waals surface area contributed by atoms with Crippen LogP contribution in [0.5, 0.6) is 0 Å². The highest BCUT2D eigenvalue weighted by molar-refractivity contribution is 5.86. The van der Waals surface area contributed by atoms with Gasteiger partial charge in [-0.3, -0.25) is 9.69 Å². The number of hydrogen-bond donors (Lipinski definition) is 2.